The van der Waals surface area contributed by atoms with Crippen LogP contribution in [-0.4, -0.2) is 30.0 Å². The summed E-state index contributed by atoms with van der Waals surface area (Å²) in [6, 6.07) is 15.7. The van der Waals surface area contributed by atoms with Gasteiger partial charge in [-0.3, -0.25) is 0 Å². The molecule has 0 bridgehead atoms. The Kier molecular flexibility index (Phi) is 4.92. The van der Waals surface area contributed by atoms with E-state index < -0.39 is 0 Å². The lowest BCUT2D eigenvalue weighted by Gasteiger charge is -2.07. The van der Waals surface area contributed by atoms with Gasteiger partial charge in [0.25, 0.3) is 0 Å². The fraction of sp³-hybridized carbons (Fsp3) is 0.150. The summed E-state index contributed by atoms with van der Waals surface area (Å²) >= 11 is 2.21. The Balaban J connectivity index is 1.69. The van der Waals surface area contributed by atoms with Gasteiger partial charge in [-0.05, 0) is 81.8 Å². The maximum absolute atomic E-state index is 8.94. The molecule has 8 heteroatoms. The zero-order chi connectivity index (χ0) is 19.7. The quantitative estimate of drug-likeness (QED) is 0.416. The highest BCUT2D eigenvalue weighted by molar-refractivity contribution is 14.1. The third kappa shape index (κ3) is 3.41. The topological polar surface area (TPSA) is 85.2 Å². The van der Waals surface area contributed by atoms with Crippen molar-refractivity contribution >= 4 is 22.6 Å². The van der Waals surface area contributed by atoms with Gasteiger partial charge >= 0.3 is 0 Å². The number of tetrazole rings is 1. The van der Waals surface area contributed by atoms with E-state index in [0.717, 1.165) is 20.5 Å². The van der Waals surface area contributed by atoms with Gasteiger partial charge < -0.3 is 0 Å². The second kappa shape index (κ2) is 7.52. The number of rotatable bonds is 4. The van der Waals surface area contributed by atoms with Crippen LogP contribution in [0.5, 0.6) is 0 Å². The average Bonchev–Trinajstić information content (AvgIpc) is 3.30. The molecule has 2 heterocycles. The predicted octanol–water partition coefficient (Wildman–Crippen LogP) is 3.67. The molecule has 138 valence electrons. The summed E-state index contributed by atoms with van der Waals surface area (Å²) in [4.78, 5) is 0. The molecule has 28 heavy (non-hydrogen) atoms. The van der Waals surface area contributed by atoms with Gasteiger partial charge in [-0.25, -0.2) is 9.36 Å². The van der Waals surface area contributed by atoms with Crippen molar-refractivity contribution in [2.45, 2.75) is 20.4 Å². The molecule has 0 atom stereocenters. The molecule has 0 radical (unpaired) electrons. The average molecular weight is 481 g/mol. The lowest BCUT2D eigenvalue weighted by atomic mass is 10.1. The third-order valence-corrected chi connectivity index (χ3v) is 5.48. The molecule has 0 fully saturated rings. The van der Waals surface area contributed by atoms with Gasteiger partial charge in [-0.2, -0.15) is 10.4 Å². The summed E-state index contributed by atoms with van der Waals surface area (Å²) in [5.74, 6) is 0.658. The first-order valence-electron chi connectivity index (χ1n) is 8.64. The van der Waals surface area contributed by atoms with Crippen molar-refractivity contribution in [1.82, 2.24) is 30.0 Å². The number of halogens is 1. The fourth-order valence-corrected chi connectivity index (χ4v) is 3.58. The van der Waals surface area contributed by atoms with Crippen LogP contribution in [0.25, 0.3) is 17.1 Å². The monoisotopic (exact) mass is 481 g/mol. The summed E-state index contributed by atoms with van der Waals surface area (Å²) in [5.41, 5.74) is 5.96. The number of benzene rings is 2. The minimum Gasteiger partial charge on any atom is -0.239 e. The molecule has 0 saturated carbocycles. The molecule has 0 amide bonds. The first-order chi connectivity index (χ1) is 13.6. The zero-order valence-electron chi connectivity index (χ0n) is 15.3. The molecule has 4 rings (SSSR count). The molecule has 7 nitrogen and oxygen atoms in total. The van der Waals surface area contributed by atoms with Crippen molar-refractivity contribution in [3.8, 4) is 23.1 Å². The van der Waals surface area contributed by atoms with Gasteiger partial charge in [-0.1, -0.05) is 24.3 Å². The van der Waals surface area contributed by atoms with Crippen molar-refractivity contribution < 1.29 is 0 Å². The van der Waals surface area contributed by atoms with E-state index in [9.17, 15) is 0 Å². The Morgan fingerprint density at radius 2 is 1.89 bits per heavy atom. The lowest BCUT2D eigenvalue weighted by Crippen LogP contribution is -2.04. The molecule has 0 aliphatic carbocycles. The van der Waals surface area contributed by atoms with Gasteiger partial charge in [-0.15, -0.1) is 5.10 Å². The molecule has 2 aromatic heterocycles. The van der Waals surface area contributed by atoms with Crippen LogP contribution in [0.1, 0.15) is 22.3 Å². The molecule has 0 spiro atoms. The number of nitrogens with zero attached hydrogens (tertiary/aromatic N) is 7. The first kappa shape index (κ1) is 18.3. The van der Waals surface area contributed by atoms with E-state index in [1.165, 1.54) is 11.1 Å². The SMILES string of the molecule is Cc1cccc(-n2cc(-c3nnnn3Cc3ccc(C#N)cc3)c(I)n2)c1C. The molecule has 0 aliphatic heterocycles. The molecule has 0 N–H and O–H groups in total. The largest absolute Gasteiger partial charge is 0.239 e. The van der Waals surface area contributed by atoms with Crippen LogP contribution in [0.2, 0.25) is 0 Å². The highest BCUT2D eigenvalue weighted by atomic mass is 127. The summed E-state index contributed by atoms with van der Waals surface area (Å²) in [5, 5.41) is 25.8. The van der Waals surface area contributed by atoms with Gasteiger partial charge in [0, 0.05) is 6.20 Å². The molecular formula is C20H16IN7. The highest BCUT2D eigenvalue weighted by Gasteiger charge is 2.17. The molecule has 0 unspecified atom stereocenters. The van der Waals surface area contributed by atoms with Crippen LogP contribution in [0, 0.1) is 28.9 Å². The smallest absolute Gasteiger partial charge is 0.186 e. The van der Waals surface area contributed by atoms with Crippen LogP contribution in [0.4, 0.5) is 0 Å². The van der Waals surface area contributed by atoms with Gasteiger partial charge in [0.05, 0.1) is 29.4 Å². The predicted molar refractivity (Wildman–Crippen MR) is 113 cm³/mol. The normalized spacial score (nSPS) is 10.8. The van der Waals surface area contributed by atoms with Crippen LogP contribution in [-0.2, 0) is 6.54 Å². The number of hydrogen-bond acceptors (Lipinski definition) is 5. The van der Waals surface area contributed by atoms with Crippen molar-refractivity contribution in [3.05, 3.63) is 74.6 Å². The Bertz CT molecular complexity index is 1180. The van der Waals surface area contributed by atoms with E-state index in [0.29, 0.717) is 17.9 Å². The highest BCUT2D eigenvalue weighted by Crippen LogP contribution is 2.26. The van der Waals surface area contributed by atoms with Crippen LogP contribution in [0.15, 0.2) is 48.7 Å². The number of aromatic nitrogens is 6. The minimum atomic E-state index is 0.513. The summed E-state index contributed by atoms with van der Waals surface area (Å²) < 4.78 is 4.45. The molecular weight excluding hydrogens is 465 g/mol. The van der Waals surface area contributed by atoms with Crippen LogP contribution >= 0.6 is 22.6 Å². The van der Waals surface area contributed by atoms with E-state index in [-0.39, 0.29) is 0 Å². The van der Waals surface area contributed by atoms with Gasteiger partial charge in [0.2, 0.25) is 0 Å². The van der Waals surface area contributed by atoms with E-state index in [4.69, 9.17) is 5.26 Å². The van der Waals surface area contributed by atoms with Crippen LogP contribution < -0.4 is 0 Å². The van der Waals surface area contributed by atoms with Crippen LogP contribution in [0.3, 0.4) is 0 Å². The Hall–Kier alpha value is -3.06. The second-order valence-corrected chi connectivity index (χ2v) is 7.49. The maximum atomic E-state index is 8.94. The summed E-state index contributed by atoms with van der Waals surface area (Å²) in [7, 11) is 0. The van der Waals surface area contributed by atoms with Gasteiger partial charge in [0.15, 0.2) is 5.82 Å². The fourth-order valence-electron chi connectivity index (χ4n) is 2.97. The molecule has 0 aliphatic rings. The lowest BCUT2D eigenvalue weighted by molar-refractivity contribution is 0.653. The molecule has 2 aromatic carbocycles. The third-order valence-electron chi connectivity index (χ3n) is 4.68. The Morgan fingerprint density at radius 1 is 1.11 bits per heavy atom. The van der Waals surface area contributed by atoms with Gasteiger partial charge in [0.1, 0.15) is 3.70 Å². The van der Waals surface area contributed by atoms with Crippen molar-refractivity contribution in [1.29, 1.82) is 5.26 Å². The van der Waals surface area contributed by atoms with Crippen molar-refractivity contribution in [2.75, 3.05) is 0 Å². The zero-order valence-corrected chi connectivity index (χ0v) is 17.5. The number of aryl methyl sites for hydroxylation is 1. The minimum absolute atomic E-state index is 0.513. The Labute approximate surface area is 175 Å². The van der Waals surface area contributed by atoms with Crippen molar-refractivity contribution in [3.63, 3.8) is 0 Å². The first-order valence-corrected chi connectivity index (χ1v) is 9.72. The number of nitriles is 1. The number of hydrogen-bond donors (Lipinski definition) is 0. The van der Waals surface area contributed by atoms with Crippen molar-refractivity contribution in [2.24, 2.45) is 0 Å². The Morgan fingerprint density at radius 3 is 2.64 bits per heavy atom. The molecule has 0 saturated heterocycles. The van der Waals surface area contributed by atoms with E-state index in [1.54, 1.807) is 16.8 Å². The molecule has 4 aromatic rings. The summed E-state index contributed by atoms with van der Waals surface area (Å²) in [6.07, 6.45) is 1.96. The summed E-state index contributed by atoms with van der Waals surface area (Å²) in [6.45, 7) is 4.69. The van der Waals surface area contributed by atoms with E-state index >= 15 is 0 Å². The van der Waals surface area contributed by atoms with E-state index in [1.807, 2.05) is 29.1 Å². The van der Waals surface area contributed by atoms with E-state index in [2.05, 4.69) is 75.3 Å². The second-order valence-electron chi connectivity index (χ2n) is 6.47. The standard InChI is InChI=1S/C20H16IN7/c1-13-4-3-5-18(14(13)2)27-12-17(19(21)24-27)20-23-25-26-28(20)11-16-8-6-15(10-22)7-9-16/h3-9,12H,11H2,1-2H3. The maximum Gasteiger partial charge on any atom is 0.186 e.